The van der Waals surface area contributed by atoms with Crippen LogP contribution in [0.4, 0.5) is 4.39 Å². The normalized spacial score (nSPS) is 18.6. The molecule has 5 rings (SSSR count). The number of carbonyl (C=O) groups excluding carboxylic acids is 1. The maximum Gasteiger partial charge on any atom is 0.279 e. The Morgan fingerprint density at radius 2 is 1.95 bits per heavy atom. The van der Waals surface area contributed by atoms with Crippen LogP contribution >= 0.6 is 11.3 Å². The van der Waals surface area contributed by atoms with Crippen LogP contribution in [-0.4, -0.2) is 70.1 Å². The number of hydrogen-bond donors (Lipinski definition) is 4. The number of likely N-dealkylation sites (tertiary alicyclic amines) is 1. The lowest BCUT2D eigenvalue weighted by atomic mass is 9.90. The number of thiazole rings is 1. The Morgan fingerprint density at radius 1 is 1.22 bits per heavy atom. The maximum atomic E-state index is 14.9. The van der Waals surface area contributed by atoms with Crippen molar-refractivity contribution in [2.45, 2.75) is 38.5 Å². The van der Waals surface area contributed by atoms with Gasteiger partial charge in [-0.05, 0) is 42.5 Å². The van der Waals surface area contributed by atoms with E-state index in [0.29, 0.717) is 50.3 Å². The summed E-state index contributed by atoms with van der Waals surface area (Å²) in [5, 5.41) is 23.8. The van der Waals surface area contributed by atoms with E-state index in [2.05, 4.69) is 20.2 Å². The first-order valence-electron chi connectivity index (χ1n) is 13.5. The van der Waals surface area contributed by atoms with Crippen LogP contribution in [0.3, 0.4) is 0 Å². The molecule has 0 bridgehead atoms. The van der Waals surface area contributed by atoms with Gasteiger partial charge in [0.25, 0.3) is 5.91 Å². The van der Waals surface area contributed by atoms with Gasteiger partial charge < -0.3 is 16.2 Å². The summed E-state index contributed by atoms with van der Waals surface area (Å²) in [5.41, 5.74) is 8.31. The molecule has 0 saturated carbocycles. The Labute approximate surface area is 242 Å². The highest BCUT2D eigenvalue weighted by Gasteiger charge is 2.38. The molecule has 1 amide bonds. The second-order valence-corrected chi connectivity index (χ2v) is 11.7. The van der Waals surface area contributed by atoms with Gasteiger partial charge in [0.15, 0.2) is 0 Å². The number of nitrogens with two attached hydrogens (primary N) is 1. The minimum Gasteiger partial charge on any atom is -0.388 e. The van der Waals surface area contributed by atoms with Crippen LogP contribution in [0.5, 0.6) is 0 Å². The van der Waals surface area contributed by atoms with Crippen molar-refractivity contribution >= 4 is 35.0 Å². The van der Waals surface area contributed by atoms with Crippen LogP contribution in [-0.2, 0) is 17.9 Å². The van der Waals surface area contributed by atoms with Crippen molar-refractivity contribution < 1.29 is 14.3 Å². The number of halogens is 1. The van der Waals surface area contributed by atoms with Crippen molar-refractivity contribution in [3.05, 3.63) is 81.9 Å². The molecule has 41 heavy (non-hydrogen) atoms. The van der Waals surface area contributed by atoms with Crippen LogP contribution in [0.2, 0.25) is 0 Å². The minimum atomic E-state index is -1.13. The number of nitrogens with zero attached hydrogens (tertiary/aromatic N) is 4. The predicted molar refractivity (Wildman–Crippen MR) is 160 cm³/mol. The number of hydrogen-bond acceptors (Lipinski definition) is 9. The fourth-order valence-corrected chi connectivity index (χ4v) is 5.94. The number of nitrogens with one attached hydrogen (secondary N) is 2. The molecule has 1 fully saturated rings. The highest BCUT2D eigenvalue weighted by molar-refractivity contribution is 7.15. The van der Waals surface area contributed by atoms with Gasteiger partial charge in [-0.15, -0.1) is 11.3 Å². The van der Waals surface area contributed by atoms with E-state index in [0.717, 1.165) is 26.6 Å². The molecule has 0 spiro atoms. The summed E-state index contributed by atoms with van der Waals surface area (Å²) in [6.07, 6.45) is 3.98. The molecule has 2 aliphatic heterocycles. The third kappa shape index (κ3) is 6.28. The molecule has 214 valence electrons. The molecule has 9 nitrogen and oxygen atoms in total. The number of piperidine rings is 1. The third-order valence-corrected chi connectivity index (χ3v) is 8.57. The zero-order valence-electron chi connectivity index (χ0n) is 23.2. The van der Waals surface area contributed by atoms with E-state index in [9.17, 15) is 14.3 Å². The predicted octanol–water partition coefficient (Wildman–Crippen LogP) is 3.52. The molecule has 0 atom stereocenters. The summed E-state index contributed by atoms with van der Waals surface area (Å²) in [6.45, 7) is 3.92. The first kappa shape index (κ1) is 28.7. The van der Waals surface area contributed by atoms with E-state index >= 15 is 0 Å². The van der Waals surface area contributed by atoms with E-state index in [1.165, 1.54) is 22.6 Å². The summed E-state index contributed by atoms with van der Waals surface area (Å²) in [6, 6.07) is 12.8. The molecule has 5 N–H and O–H groups in total. The van der Waals surface area contributed by atoms with Gasteiger partial charge in [-0.25, -0.2) is 14.4 Å². The number of aromatic nitrogens is 1. The van der Waals surface area contributed by atoms with Gasteiger partial charge in [0.2, 0.25) is 0 Å². The molecular weight excluding hydrogens is 541 g/mol. The molecule has 3 aromatic rings. The molecule has 1 aromatic heterocycles. The summed E-state index contributed by atoms with van der Waals surface area (Å²) in [7, 11) is 1.72. The molecule has 0 unspecified atom stereocenters. The number of β-amino-alcohol motifs (C(OH)–C–C–N with tert-alkyl or cyclic N) is 1. The smallest absolute Gasteiger partial charge is 0.279 e. The summed E-state index contributed by atoms with van der Waals surface area (Å²) >= 11 is 1.53. The fraction of sp³-hybridized carbons (Fsp3) is 0.333. The molecule has 11 heteroatoms. The lowest BCUT2D eigenvalue weighted by Crippen LogP contribution is -2.53. The van der Waals surface area contributed by atoms with Crippen molar-refractivity contribution in [3.8, 4) is 10.4 Å². The van der Waals surface area contributed by atoms with Crippen molar-refractivity contribution in [2.75, 3.05) is 26.7 Å². The summed E-state index contributed by atoms with van der Waals surface area (Å²) < 4.78 is 14.9. The van der Waals surface area contributed by atoms with E-state index in [-0.39, 0.29) is 23.8 Å². The van der Waals surface area contributed by atoms with E-state index in [1.807, 2.05) is 43.3 Å². The summed E-state index contributed by atoms with van der Waals surface area (Å²) in [4.78, 5) is 26.2. The Balaban J connectivity index is 1.22. The van der Waals surface area contributed by atoms with Gasteiger partial charge in [0.05, 0.1) is 34.1 Å². The van der Waals surface area contributed by atoms with Crippen LogP contribution < -0.4 is 11.1 Å². The lowest BCUT2D eigenvalue weighted by Gasteiger charge is -2.40. The van der Waals surface area contributed by atoms with E-state index < -0.39 is 11.5 Å². The quantitative estimate of drug-likeness (QED) is 0.325. The molecule has 2 aliphatic rings. The Hall–Kier alpha value is -3.77. The Kier molecular flexibility index (Phi) is 8.41. The van der Waals surface area contributed by atoms with Crippen molar-refractivity contribution in [2.24, 2.45) is 10.7 Å². The third-order valence-electron chi connectivity index (χ3n) is 7.61. The standard InChI is InChI=1S/C30H34FN7O2S/c1-19-35-15-25(41-19)22-7-8-23(24(31)13-22)16-37-11-9-30(40,10-12-37)17-38-18-36-28(26(33)29(38)39)27(34-2)21-5-3-20(14-32)4-6-21/h3-8,13,15,18,33-34,40H,9-12,14,16-17,32H2,1-2H3/b28-27+,33-26?. The largest absolute Gasteiger partial charge is 0.388 e. The zero-order chi connectivity index (χ0) is 29.1. The molecule has 2 aromatic carbocycles. The first-order valence-corrected chi connectivity index (χ1v) is 14.3. The number of amides is 1. The minimum absolute atomic E-state index is 0.0379. The molecule has 0 aliphatic carbocycles. The van der Waals surface area contributed by atoms with E-state index in [1.54, 1.807) is 19.3 Å². The first-order chi connectivity index (χ1) is 19.7. The molecule has 3 heterocycles. The number of rotatable bonds is 8. The fourth-order valence-electron chi connectivity index (χ4n) is 5.17. The van der Waals surface area contributed by atoms with Gasteiger partial charge in [-0.1, -0.05) is 36.4 Å². The van der Waals surface area contributed by atoms with Gasteiger partial charge in [-0.3, -0.25) is 20.0 Å². The van der Waals surface area contributed by atoms with Crippen molar-refractivity contribution in [1.29, 1.82) is 5.41 Å². The highest BCUT2D eigenvalue weighted by atomic mass is 32.1. The van der Waals surface area contributed by atoms with Gasteiger partial charge in [-0.2, -0.15) is 0 Å². The molecular formula is C30H34FN7O2S. The van der Waals surface area contributed by atoms with Crippen LogP contribution in [0.1, 0.15) is 34.5 Å². The van der Waals surface area contributed by atoms with Crippen LogP contribution in [0.15, 0.2) is 59.4 Å². The Morgan fingerprint density at radius 3 is 2.56 bits per heavy atom. The number of aliphatic hydroxyl groups is 1. The average molecular weight is 576 g/mol. The Bertz CT molecular complexity index is 1510. The second kappa shape index (κ2) is 12.0. The number of carbonyl (C=O) groups is 1. The van der Waals surface area contributed by atoms with Gasteiger partial charge in [0.1, 0.15) is 17.2 Å². The number of aryl methyl sites for hydroxylation is 1. The van der Waals surface area contributed by atoms with Crippen molar-refractivity contribution in [3.63, 3.8) is 0 Å². The van der Waals surface area contributed by atoms with Crippen LogP contribution in [0, 0.1) is 18.2 Å². The highest BCUT2D eigenvalue weighted by Crippen LogP contribution is 2.30. The van der Waals surface area contributed by atoms with Gasteiger partial charge >= 0.3 is 0 Å². The zero-order valence-corrected chi connectivity index (χ0v) is 24.0. The second-order valence-electron chi connectivity index (χ2n) is 10.5. The lowest BCUT2D eigenvalue weighted by molar-refractivity contribution is -0.124. The van der Waals surface area contributed by atoms with Gasteiger partial charge in [0, 0.05) is 45.0 Å². The van der Waals surface area contributed by atoms with E-state index in [4.69, 9.17) is 11.1 Å². The maximum absolute atomic E-state index is 14.9. The SMILES string of the molecule is CN/C(=C1/N=CN(CC2(O)CCN(Cc3ccc(-c4cnc(C)s4)cc3F)CC2)C(=O)C1=N)c1ccc(CN)cc1. The number of aliphatic imine (C=N–C) groups is 1. The van der Waals surface area contributed by atoms with Crippen molar-refractivity contribution in [1.82, 2.24) is 20.1 Å². The molecule has 0 radical (unpaired) electrons. The van der Waals surface area contributed by atoms with Crippen LogP contribution in [0.25, 0.3) is 16.1 Å². The summed E-state index contributed by atoms with van der Waals surface area (Å²) in [5.74, 6) is -0.779. The topological polar surface area (TPSA) is 131 Å². The monoisotopic (exact) mass is 575 g/mol. The average Bonchev–Trinajstić information content (AvgIpc) is 3.41. The number of benzene rings is 2. The molecule has 1 saturated heterocycles.